The van der Waals surface area contributed by atoms with Gasteiger partial charge in [0.25, 0.3) is 11.5 Å². The third-order valence-corrected chi connectivity index (χ3v) is 5.72. The molecule has 0 fully saturated rings. The highest BCUT2D eigenvalue weighted by atomic mass is 32.1. The van der Waals surface area contributed by atoms with Gasteiger partial charge in [-0.15, -0.1) is 11.3 Å². The van der Waals surface area contributed by atoms with Crippen LogP contribution in [0.4, 0.5) is 13.9 Å². The number of hydrogen-bond donors (Lipinski definition) is 1. The summed E-state index contributed by atoms with van der Waals surface area (Å²) in [6.07, 6.45) is 0. The minimum Gasteiger partial charge on any atom is -0.296 e. The summed E-state index contributed by atoms with van der Waals surface area (Å²) >= 11 is 1.13. The molecule has 9 heteroatoms. The predicted molar refractivity (Wildman–Crippen MR) is 123 cm³/mol. The fourth-order valence-electron chi connectivity index (χ4n) is 3.38. The lowest BCUT2D eigenvalue weighted by molar-refractivity contribution is 0.102. The number of carbonyl (C=O) groups excluding carboxylic acids is 1. The fourth-order valence-corrected chi connectivity index (χ4v) is 4.09. The zero-order chi connectivity index (χ0) is 22.9. The average Bonchev–Trinajstić information content (AvgIpc) is 3.30. The van der Waals surface area contributed by atoms with Crippen molar-refractivity contribution >= 4 is 33.1 Å². The zero-order valence-electron chi connectivity index (χ0n) is 16.8. The van der Waals surface area contributed by atoms with Crippen LogP contribution < -0.4 is 10.9 Å². The number of hydrogen-bond acceptors (Lipinski definition) is 5. The molecule has 2 aromatic heterocycles. The van der Waals surface area contributed by atoms with Crippen LogP contribution in [0.2, 0.25) is 0 Å². The van der Waals surface area contributed by atoms with Crippen molar-refractivity contribution in [3.63, 3.8) is 0 Å². The number of nitrogens with zero attached hydrogens (tertiary/aromatic N) is 3. The number of amides is 1. The third-order valence-electron chi connectivity index (χ3n) is 4.96. The van der Waals surface area contributed by atoms with Gasteiger partial charge >= 0.3 is 0 Å². The molecule has 0 spiro atoms. The maximum absolute atomic E-state index is 13.6. The molecule has 0 aliphatic carbocycles. The summed E-state index contributed by atoms with van der Waals surface area (Å²) in [5.41, 5.74) is 1.01. The van der Waals surface area contributed by atoms with Crippen LogP contribution in [0.5, 0.6) is 0 Å². The largest absolute Gasteiger partial charge is 0.296 e. The molecule has 5 rings (SSSR count). The van der Waals surface area contributed by atoms with Gasteiger partial charge in [-0.2, -0.15) is 9.78 Å². The monoisotopic (exact) mass is 460 g/mol. The van der Waals surface area contributed by atoms with E-state index >= 15 is 0 Å². The highest BCUT2D eigenvalue weighted by Crippen LogP contribution is 2.27. The van der Waals surface area contributed by atoms with Crippen LogP contribution >= 0.6 is 11.3 Å². The summed E-state index contributed by atoms with van der Waals surface area (Å²) < 4.78 is 28.0. The van der Waals surface area contributed by atoms with Crippen LogP contribution in [-0.2, 0) is 0 Å². The zero-order valence-corrected chi connectivity index (χ0v) is 17.6. The Hall–Kier alpha value is -4.24. The van der Waals surface area contributed by atoms with Gasteiger partial charge in [-0.05, 0) is 36.4 Å². The smallest absolute Gasteiger partial charge is 0.279 e. The number of fused-ring (bicyclic) bond motifs is 1. The van der Waals surface area contributed by atoms with Gasteiger partial charge in [0.15, 0.2) is 22.5 Å². The van der Waals surface area contributed by atoms with E-state index in [4.69, 9.17) is 0 Å². The van der Waals surface area contributed by atoms with Gasteiger partial charge in [0.05, 0.1) is 16.8 Å². The molecule has 1 amide bonds. The van der Waals surface area contributed by atoms with Crippen molar-refractivity contribution in [2.45, 2.75) is 0 Å². The first-order valence-electron chi connectivity index (χ1n) is 9.81. The van der Waals surface area contributed by atoms with E-state index in [-0.39, 0.29) is 16.4 Å². The van der Waals surface area contributed by atoms with E-state index in [9.17, 15) is 18.4 Å². The molecular formula is C24H14F2N4O2S. The second kappa shape index (κ2) is 8.36. The fraction of sp³-hybridized carbons (Fsp3) is 0. The Labute approximate surface area is 189 Å². The Kier molecular flexibility index (Phi) is 5.23. The van der Waals surface area contributed by atoms with E-state index in [1.807, 2.05) is 6.07 Å². The Morgan fingerprint density at radius 2 is 1.64 bits per heavy atom. The summed E-state index contributed by atoms with van der Waals surface area (Å²) in [5.74, 6) is -2.49. The van der Waals surface area contributed by atoms with Gasteiger partial charge in [-0.1, -0.05) is 36.4 Å². The highest BCUT2D eigenvalue weighted by molar-refractivity contribution is 7.14. The number of nitrogens with one attached hydrogen (secondary N) is 1. The number of aromatic nitrogens is 3. The van der Waals surface area contributed by atoms with Gasteiger partial charge in [-0.3, -0.25) is 14.9 Å². The molecule has 0 radical (unpaired) electrons. The number of anilines is 1. The maximum Gasteiger partial charge on any atom is 0.279 e. The Morgan fingerprint density at radius 3 is 2.39 bits per heavy atom. The SMILES string of the molecule is O=C(Nc1nc(-c2ccc(F)c(F)c2)cs1)c1nn(-c2ccccc2)c(=O)c2ccccc12. The van der Waals surface area contributed by atoms with Crippen molar-refractivity contribution in [1.29, 1.82) is 0 Å². The van der Waals surface area contributed by atoms with Gasteiger partial charge in [0.1, 0.15) is 0 Å². The molecule has 0 saturated heterocycles. The minimum absolute atomic E-state index is 0.0543. The summed E-state index contributed by atoms with van der Waals surface area (Å²) in [5, 5.41) is 9.65. The standard InChI is InChI=1S/C24H14F2N4O2S/c25-18-11-10-14(12-19(18)26)20-13-33-24(27-20)28-22(31)21-16-8-4-5-9-17(16)23(32)30(29-21)15-6-2-1-3-7-15/h1-13H,(H,27,28,31). The molecule has 5 aromatic rings. The van der Waals surface area contributed by atoms with Gasteiger partial charge < -0.3 is 0 Å². The molecule has 0 aliphatic heterocycles. The lowest BCUT2D eigenvalue weighted by Crippen LogP contribution is -2.26. The normalized spacial score (nSPS) is 11.0. The van der Waals surface area contributed by atoms with Gasteiger partial charge in [0.2, 0.25) is 0 Å². The van der Waals surface area contributed by atoms with E-state index in [0.29, 0.717) is 27.7 Å². The van der Waals surface area contributed by atoms with Gasteiger partial charge in [0, 0.05) is 16.3 Å². The lowest BCUT2D eigenvalue weighted by Gasteiger charge is -2.10. The molecule has 2 heterocycles. The molecule has 6 nitrogen and oxygen atoms in total. The number of thiazole rings is 1. The third kappa shape index (κ3) is 3.90. The first-order chi connectivity index (χ1) is 16.0. The van der Waals surface area contributed by atoms with Crippen LogP contribution in [0.3, 0.4) is 0 Å². The molecule has 1 N–H and O–H groups in total. The quantitative estimate of drug-likeness (QED) is 0.408. The van der Waals surface area contributed by atoms with E-state index in [1.165, 1.54) is 10.7 Å². The van der Waals surface area contributed by atoms with Crippen molar-refractivity contribution in [2.75, 3.05) is 5.32 Å². The van der Waals surface area contributed by atoms with E-state index in [0.717, 1.165) is 23.5 Å². The van der Waals surface area contributed by atoms with Crippen molar-refractivity contribution in [2.24, 2.45) is 0 Å². The van der Waals surface area contributed by atoms with Crippen LogP contribution in [0, 0.1) is 11.6 Å². The molecule has 0 bridgehead atoms. The van der Waals surface area contributed by atoms with E-state index in [2.05, 4.69) is 15.4 Å². The lowest BCUT2D eigenvalue weighted by atomic mass is 10.1. The van der Waals surface area contributed by atoms with Crippen molar-refractivity contribution in [3.8, 4) is 16.9 Å². The number of para-hydroxylation sites is 1. The predicted octanol–water partition coefficient (Wildman–Crippen LogP) is 5.04. The van der Waals surface area contributed by atoms with Crippen LogP contribution in [0.15, 0.2) is 83.0 Å². The second-order valence-electron chi connectivity index (χ2n) is 7.07. The summed E-state index contributed by atoms with van der Waals surface area (Å²) in [7, 11) is 0. The molecule has 0 aliphatic rings. The Bertz CT molecular complexity index is 1560. The van der Waals surface area contributed by atoms with Crippen molar-refractivity contribution in [3.05, 3.63) is 106 Å². The van der Waals surface area contributed by atoms with Gasteiger partial charge in [-0.25, -0.2) is 13.8 Å². The molecule has 33 heavy (non-hydrogen) atoms. The summed E-state index contributed by atoms with van der Waals surface area (Å²) in [4.78, 5) is 30.4. The topological polar surface area (TPSA) is 76.9 Å². The van der Waals surface area contributed by atoms with Crippen LogP contribution in [0.1, 0.15) is 10.5 Å². The number of halogens is 2. The summed E-state index contributed by atoms with van der Waals surface area (Å²) in [6, 6.07) is 19.0. The highest BCUT2D eigenvalue weighted by Gasteiger charge is 2.19. The van der Waals surface area contributed by atoms with E-state index in [1.54, 1.807) is 53.9 Å². The molecule has 0 unspecified atom stereocenters. The first kappa shape index (κ1) is 20.7. The Balaban J connectivity index is 1.53. The first-order valence-corrected chi connectivity index (χ1v) is 10.7. The molecular weight excluding hydrogens is 446 g/mol. The van der Waals surface area contributed by atoms with Crippen LogP contribution in [0.25, 0.3) is 27.7 Å². The van der Waals surface area contributed by atoms with Crippen molar-refractivity contribution in [1.82, 2.24) is 14.8 Å². The minimum atomic E-state index is -0.982. The van der Waals surface area contributed by atoms with Crippen LogP contribution in [-0.4, -0.2) is 20.7 Å². The molecule has 0 saturated carbocycles. The average molecular weight is 460 g/mol. The number of carbonyl (C=O) groups is 1. The second-order valence-corrected chi connectivity index (χ2v) is 7.93. The number of benzene rings is 3. The molecule has 162 valence electrons. The van der Waals surface area contributed by atoms with E-state index < -0.39 is 17.5 Å². The maximum atomic E-state index is 13.6. The number of rotatable bonds is 4. The Morgan fingerprint density at radius 1 is 0.909 bits per heavy atom. The van der Waals surface area contributed by atoms with Crippen molar-refractivity contribution < 1.29 is 13.6 Å². The molecule has 0 atom stereocenters. The summed E-state index contributed by atoms with van der Waals surface area (Å²) in [6.45, 7) is 0. The molecule has 3 aromatic carbocycles.